The van der Waals surface area contributed by atoms with Gasteiger partial charge in [-0.3, -0.25) is 9.59 Å². The lowest BCUT2D eigenvalue weighted by atomic mass is 9.88. The molecule has 0 saturated carbocycles. The average Bonchev–Trinajstić information content (AvgIpc) is 3.46. The zero-order valence-corrected chi connectivity index (χ0v) is 19.2. The average molecular weight is 460 g/mol. The number of carbonyl (C=O) groups is 2. The molecule has 1 aromatic heterocycles. The highest BCUT2D eigenvalue weighted by molar-refractivity contribution is 7.09. The minimum atomic E-state index is -0.672. The smallest absolute Gasteiger partial charge is 0.295 e. The van der Waals surface area contributed by atoms with Gasteiger partial charge in [0.15, 0.2) is 0 Å². The second-order valence-corrected chi connectivity index (χ2v) is 9.50. The Labute approximate surface area is 196 Å². The maximum atomic E-state index is 13.2. The van der Waals surface area contributed by atoms with Crippen LogP contribution in [0.15, 0.2) is 65.6 Å². The molecule has 2 aliphatic rings. The van der Waals surface area contributed by atoms with Gasteiger partial charge in [-0.2, -0.15) is 0 Å². The summed E-state index contributed by atoms with van der Waals surface area (Å²) < 4.78 is 5.28. The fourth-order valence-electron chi connectivity index (χ4n) is 4.78. The van der Waals surface area contributed by atoms with Crippen molar-refractivity contribution >= 4 is 28.8 Å². The Morgan fingerprint density at radius 1 is 1.06 bits per heavy atom. The number of aryl methyl sites for hydroxylation is 2. The van der Waals surface area contributed by atoms with Gasteiger partial charge in [0.1, 0.15) is 11.5 Å². The lowest BCUT2D eigenvalue weighted by Crippen LogP contribution is -2.28. The molecule has 1 unspecified atom stereocenters. The minimum Gasteiger partial charge on any atom is -0.507 e. The Morgan fingerprint density at radius 3 is 2.52 bits per heavy atom. The molecule has 1 aliphatic carbocycles. The molecule has 1 amide bonds. The van der Waals surface area contributed by atoms with Crippen LogP contribution in [0.2, 0.25) is 0 Å². The Balaban J connectivity index is 1.62. The molecule has 5 nitrogen and oxygen atoms in total. The van der Waals surface area contributed by atoms with Gasteiger partial charge in [-0.15, -0.1) is 11.3 Å². The number of aliphatic hydroxyl groups excluding tert-OH is 1. The van der Waals surface area contributed by atoms with Crippen molar-refractivity contribution in [3.05, 3.63) is 92.7 Å². The van der Waals surface area contributed by atoms with Crippen LogP contribution in [0, 0.1) is 0 Å². The van der Waals surface area contributed by atoms with Crippen molar-refractivity contribution in [2.24, 2.45) is 0 Å². The van der Waals surface area contributed by atoms with Crippen LogP contribution in [0.1, 0.15) is 46.0 Å². The van der Waals surface area contributed by atoms with Crippen molar-refractivity contribution in [1.29, 1.82) is 0 Å². The number of likely N-dealkylation sites (tertiary alicyclic amines) is 1. The van der Waals surface area contributed by atoms with Gasteiger partial charge < -0.3 is 14.7 Å². The van der Waals surface area contributed by atoms with Crippen molar-refractivity contribution in [2.75, 3.05) is 7.11 Å². The molecule has 0 spiro atoms. The molecule has 3 aromatic rings. The van der Waals surface area contributed by atoms with Crippen LogP contribution in [0.25, 0.3) is 5.76 Å². The molecule has 1 aliphatic heterocycles. The van der Waals surface area contributed by atoms with Crippen LogP contribution >= 0.6 is 11.3 Å². The molecule has 2 heterocycles. The standard InChI is InChI=1S/C27H25NO4S/c1-32-21-12-10-18(11-13-21)24-23(26(30)27(31)28(24)16-22-7-4-14-33-22)25(29)20-9-8-17-5-2-3-6-19(17)15-20/h4,7-15,24,29H,2-3,5-6,16H2,1H3/b25-23-. The highest BCUT2D eigenvalue weighted by Crippen LogP contribution is 2.41. The molecule has 6 heteroatoms. The molecular weight excluding hydrogens is 434 g/mol. The number of benzene rings is 2. The molecule has 0 bridgehead atoms. The SMILES string of the molecule is COc1ccc(C2/C(=C(/O)c3ccc4c(c3)CCCC4)C(=O)C(=O)N2Cc2cccs2)cc1. The first-order valence-electron chi connectivity index (χ1n) is 11.1. The number of rotatable bonds is 5. The number of amides is 1. The minimum absolute atomic E-state index is 0.115. The number of aliphatic hydroxyl groups is 1. The van der Waals surface area contributed by atoms with Gasteiger partial charge in [0.25, 0.3) is 11.7 Å². The summed E-state index contributed by atoms with van der Waals surface area (Å²) in [6, 6.07) is 16.4. The second kappa shape index (κ2) is 8.87. The molecule has 0 radical (unpaired) electrons. The van der Waals surface area contributed by atoms with E-state index in [-0.39, 0.29) is 11.3 Å². The summed E-state index contributed by atoms with van der Waals surface area (Å²) in [6.45, 7) is 0.305. The van der Waals surface area contributed by atoms with Gasteiger partial charge in [-0.1, -0.05) is 30.3 Å². The lowest BCUT2D eigenvalue weighted by molar-refractivity contribution is -0.140. The monoisotopic (exact) mass is 459 g/mol. The highest BCUT2D eigenvalue weighted by Gasteiger charge is 2.46. The fourth-order valence-corrected chi connectivity index (χ4v) is 5.49. The summed E-state index contributed by atoms with van der Waals surface area (Å²) >= 11 is 1.53. The van der Waals surface area contributed by atoms with E-state index in [1.807, 2.05) is 47.8 Å². The van der Waals surface area contributed by atoms with Crippen LogP contribution in [0.3, 0.4) is 0 Å². The van der Waals surface area contributed by atoms with E-state index in [1.165, 1.54) is 28.9 Å². The molecule has 1 fully saturated rings. The highest BCUT2D eigenvalue weighted by atomic mass is 32.1. The predicted octanol–water partition coefficient (Wildman–Crippen LogP) is 5.26. The number of hydrogen-bond acceptors (Lipinski definition) is 5. The maximum absolute atomic E-state index is 13.2. The van der Waals surface area contributed by atoms with E-state index in [1.54, 1.807) is 24.1 Å². The Hall–Kier alpha value is -3.38. The van der Waals surface area contributed by atoms with Crippen molar-refractivity contribution in [1.82, 2.24) is 4.90 Å². The van der Waals surface area contributed by atoms with Crippen LogP contribution in [-0.4, -0.2) is 28.8 Å². The van der Waals surface area contributed by atoms with E-state index >= 15 is 0 Å². The first-order chi connectivity index (χ1) is 16.1. The molecule has 1 N–H and O–H groups in total. The zero-order valence-electron chi connectivity index (χ0n) is 18.4. The van der Waals surface area contributed by atoms with Crippen molar-refractivity contribution in [2.45, 2.75) is 38.3 Å². The first-order valence-corrected chi connectivity index (χ1v) is 12.0. The van der Waals surface area contributed by atoms with Gasteiger partial charge in [0, 0.05) is 10.4 Å². The summed E-state index contributed by atoms with van der Waals surface area (Å²) in [5.74, 6) is -0.675. The van der Waals surface area contributed by atoms with Crippen LogP contribution < -0.4 is 4.74 Å². The lowest BCUT2D eigenvalue weighted by Gasteiger charge is -2.25. The van der Waals surface area contributed by atoms with E-state index in [2.05, 4.69) is 0 Å². The summed E-state index contributed by atoms with van der Waals surface area (Å²) in [7, 11) is 1.59. The number of thiophene rings is 1. The third-order valence-electron chi connectivity index (χ3n) is 6.50. The summed E-state index contributed by atoms with van der Waals surface area (Å²) in [4.78, 5) is 28.9. The molecule has 168 valence electrons. The third kappa shape index (κ3) is 3.95. The number of fused-ring (bicyclic) bond motifs is 1. The van der Waals surface area contributed by atoms with E-state index in [0.717, 1.165) is 29.7 Å². The number of carbonyl (C=O) groups excluding carboxylic acids is 2. The predicted molar refractivity (Wildman–Crippen MR) is 128 cm³/mol. The van der Waals surface area contributed by atoms with E-state index in [0.29, 0.717) is 17.9 Å². The molecule has 5 rings (SSSR count). The van der Waals surface area contributed by atoms with Gasteiger partial charge in [0.05, 0.1) is 25.3 Å². The molecule has 2 aromatic carbocycles. The van der Waals surface area contributed by atoms with Gasteiger partial charge >= 0.3 is 0 Å². The zero-order chi connectivity index (χ0) is 22.9. The van der Waals surface area contributed by atoms with Crippen molar-refractivity contribution in [3.63, 3.8) is 0 Å². The number of ether oxygens (including phenoxy) is 1. The molecule has 1 atom stereocenters. The van der Waals surface area contributed by atoms with Gasteiger partial charge in [-0.05, 0) is 72.0 Å². The normalized spacial score (nSPS) is 19.5. The molecule has 1 saturated heterocycles. The Morgan fingerprint density at radius 2 is 1.82 bits per heavy atom. The Bertz CT molecular complexity index is 1230. The molecule has 33 heavy (non-hydrogen) atoms. The summed E-state index contributed by atoms with van der Waals surface area (Å²) in [5, 5.41) is 13.3. The summed E-state index contributed by atoms with van der Waals surface area (Å²) in [6.07, 6.45) is 4.29. The number of Topliss-reactive ketones (excluding diaryl/α,β-unsaturated/α-hetero) is 1. The second-order valence-electron chi connectivity index (χ2n) is 8.47. The van der Waals surface area contributed by atoms with E-state index in [9.17, 15) is 14.7 Å². The van der Waals surface area contributed by atoms with Crippen LogP contribution in [-0.2, 0) is 29.0 Å². The Kier molecular flexibility index (Phi) is 5.77. The summed E-state index contributed by atoms with van der Waals surface area (Å²) in [5.41, 5.74) is 3.98. The van der Waals surface area contributed by atoms with Crippen LogP contribution in [0.4, 0.5) is 0 Å². The van der Waals surface area contributed by atoms with E-state index < -0.39 is 17.7 Å². The van der Waals surface area contributed by atoms with Crippen LogP contribution in [0.5, 0.6) is 5.75 Å². The molecular formula is C27H25NO4S. The quantitative estimate of drug-likeness (QED) is 0.321. The maximum Gasteiger partial charge on any atom is 0.295 e. The van der Waals surface area contributed by atoms with Gasteiger partial charge in [0.2, 0.25) is 0 Å². The largest absolute Gasteiger partial charge is 0.507 e. The fraction of sp³-hybridized carbons (Fsp3) is 0.259. The topological polar surface area (TPSA) is 66.8 Å². The van der Waals surface area contributed by atoms with E-state index in [4.69, 9.17) is 4.74 Å². The number of hydrogen-bond donors (Lipinski definition) is 1. The third-order valence-corrected chi connectivity index (χ3v) is 7.36. The van der Waals surface area contributed by atoms with Crippen molar-refractivity contribution < 1.29 is 19.4 Å². The number of methoxy groups -OCH3 is 1. The van der Waals surface area contributed by atoms with Crippen molar-refractivity contribution in [3.8, 4) is 5.75 Å². The number of ketones is 1. The first kappa shape index (κ1) is 21.5. The number of nitrogens with zero attached hydrogens (tertiary/aromatic N) is 1. The van der Waals surface area contributed by atoms with Gasteiger partial charge in [-0.25, -0.2) is 0 Å².